The van der Waals surface area contributed by atoms with Crippen molar-refractivity contribution >= 4 is 65.6 Å². The van der Waals surface area contributed by atoms with Gasteiger partial charge in [0.1, 0.15) is 0 Å². The van der Waals surface area contributed by atoms with Crippen molar-refractivity contribution in [2.75, 3.05) is 49.5 Å². The van der Waals surface area contributed by atoms with Crippen LogP contribution in [0.5, 0.6) is 0 Å². The summed E-state index contributed by atoms with van der Waals surface area (Å²) in [5, 5.41) is 24.1. The second-order valence-corrected chi connectivity index (χ2v) is 15.4. The molecule has 0 spiro atoms. The zero-order valence-electron chi connectivity index (χ0n) is 27.8. The predicted octanol–water partition coefficient (Wildman–Crippen LogP) is -3.36. The first-order chi connectivity index (χ1) is 18.7. The summed E-state index contributed by atoms with van der Waals surface area (Å²) in [6.45, 7) is -0.181. The second-order valence-electron chi connectivity index (χ2n) is 7.30. The summed E-state index contributed by atoms with van der Waals surface area (Å²) >= 11 is 7.22. The normalized spacial score (nSPS) is 9.36. The van der Waals surface area contributed by atoms with E-state index in [1.165, 1.54) is 18.7 Å². The third-order valence-corrected chi connectivity index (χ3v) is 5.20. The molecule has 44 heavy (non-hydrogen) atoms. The SMILES string of the molecule is C=S(C)(=O)CCc1cc[c-]nc1.CS(C)(=O)=NC#N.CS(C)=NC#N.CSC.ClCc1cc[c-]nc1.O=CO[O-].[H-].[K+].[K+].[Y].[Y]. The Kier molecular flexibility index (Phi) is 71.4. The first kappa shape index (κ1) is 65.3. The molecule has 2 rings (SSSR count). The Bertz CT molecular complexity index is 1250. The van der Waals surface area contributed by atoms with E-state index in [-0.39, 0.29) is 187 Å². The number of hydrogen-bond donors (Lipinski definition) is 0. The standard InChI is InChI=1S/C9H12NOS.C6H5ClN.C3H6N2OS.C3H6N2S.C2H6S.CH2O3.2K.2Y.H/c1-12(2,11)7-5-9-4-3-6-10-8-9;7-4-6-2-1-3-8-5-6;1-7(2,6)5-3-4;1-6(2)5-3-4;1-3-2;2-1-4-3;;;;;/h3-4,8H,1,5,7H2,2H3;1-2,5H,4H2;1-2H3;1-2H3;1-2H3;1,3H;;;;;/q2*-1;;;;;2*+1;;;-1/p-1. The molecule has 1 unspecified atom stereocenters. The van der Waals surface area contributed by atoms with Gasteiger partial charge in [-0.1, -0.05) is 35.5 Å². The molecule has 0 aliphatic carbocycles. The van der Waals surface area contributed by atoms with Crippen LogP contribution in [0.4, 0.5) is 0 Å². The number of nitrogens with zero attached hydrogens (tertiary/aromatic N) is 6. The van der Waals surface area contributed by atoms with E-state index in [1.54, 1.807) is 48.7 Å². The Morgan fingerprint density at radius 3 is 1.66 bits per heavy atom. The van der Waals surface area contributed by atoms with E-state index in [4.69, 9.17) is 32.2 Å². The van der Waals surface area contributed by atoms with Crippen molar-refractivity contribution in [1.29, 1.82) is 10.5 Å². The molecule has 0 aliphatic heterocycles. The number of carbonyl (C=O) groups excluding carboxylic acids is 1. The van der Waals surface area contributed by atoms with Crippen LogP contribution in [0.1, 0.15) is 12.6 Å². The Morgan fingerprint density at radius 2 is 1.50 bits per heavy atom. The van der Waals surface area contributed by atoms with E-state index in [2.05, 4.69) is 41.8 Å². The number of nitriles is 2. The number of halogens is 1. The molecule has 0 amide bonds. The Hall–Kier alpha value is 2.95. The summed E-state index contributed by atoms with van der Waals surface area (Å²) in [7, 11) is -4.07. The largest absolute Gasteiger partial charge is 1.00 e. The van der Waals surface area contributed by atoms with Gasteiger partial charge in [-0.15, -0.1) is 27.1 Å². The van der Waals surface area contributed by atoms with Gasteiger partial charge in [0.15, 0.2) is 0 Å². The molecule has 0 N–H and O–H groups in total. The van der Waals surface area contributed by atoms with Crippen LogP contribution in [0.3, 0.4) is 0 Å². The van der Waals surface area contributed by atoms with Crippen molar-refractivity contribution in [2.24, 2.45) is 8.73 Å². The van der Waals surface area contributed by atoms with Crippen LogP contribution in [0.25, 0.3) is 0 Å². The first-order valence-corrected chi connectivity index (χ1v) is 19.3. The molecule has 0 saturated carbocycles. The van der Waals surface area contributed by atoms with Gasteiger partial charge in [-0.25, -0.2) is 4.21 Å². The van der Waals surface area contributed by atoms with Crippen LogP contribution < -0.4 is 108 Å². The Labute approximate surface area is 413 Å². The second kappa shape index (κ2) is 48.1. The fraction of sp³-hybridized carbons (Fsp3) is 0.417. The minimum absolute atomic E-state index is 0. The minimum atomic E-state index is -2.16. The molecule has 2 aromatic rings. The molecule has 0 fully saturated rings. The van der Waals surface area contributed by atoms with Crippen molar-refractivity contribution in [2.45, 2.75) is 12.3 Å². The molecular formula is C24H37ClK2N6O5S4Y2-2. The van der Waals surface area contributed by atoms with Crippen LogP contribution in [0.2, 0.25) is 0 Å². The van der Waals surface area contributed by atoms with Gasteiger partial charge in [0.2, 0.25) is 12.4 Å². The zero-order chi connectivity index (χ0) is 31.9. The number of thioether (sulfide) groups is 1. The fourth-order valence-electron chi connectivity index (χ4n) is 1.44. The predicted molar refractivity (Wildman–Crippen MR) is 168 cm³/mol. The molecule has 20 heteroatoms. The summed E-state index contributed by atoms with van der Waals surface area (Å²) in [4.78, 5) is 18.8. The van der Waals surface area contributed by atoms with Crippen molar-refractivity contribution in [1.82, 2.24) is 9.97 Å². The maximum Gasteiger partial charge on any atom is 1.00 e. The van der Waals surface area contributed by atoms with Crippen LogP contribution in [-0.2, 0) is 117 Å². The first-order valence-electron chi connectivity index (χ1n) is 10.5. The molecule has 0 bridgehead atoms. The van der Waals surface area contributed by atoms with E-state index in [0.717, 1.165) is 17.5 Å². The Morgan fingerprint density at radius 1 is 1.09 bits per heavy atom. The van der Waals surface area contributed by atoms with Crippen LogP contribution >= 0.6 is 23.4 Å². The number of pyridine rings is 2. The van der Waals surface area contributed by atoms with Gasteiger partial charge in [-0.2, -0.15) is 50.9 Å². The fourth-order valence-corrected chi connectivity index (χ4v) is 2.63. The third kappa shape index (κ3) is 71.1. The quantitative estimate of drug-likeness (QED) is 0.0430. The van der Waals surface area contributed by atoms with Gasteiger partial charge in [-0.05, 0) is 46.8 Å². The monoisotopic (exact) mass is 908 g/mol. The third-order valence-electron chi connectivity index (χ3n) is 2.85. The van der Waals surface area contributed by atoms with Crippen molar-refractivity contribution < 1.29 is 193 Å². The van der Waals surface area contributed by atoms with Gasteiger partial charge in [-0.3, -0.25) is 9.00 Å². The van der Waals surface area contributed by atoms with E-state index < -0.39 is 19.3 Å². The number of rotatable bonds is 5. The van der Waals surface area contributed by atoms with Crippen LogP contribution in [0.15, 0.2) is 45.4 Å². The molecule has 234 valence electrons. The molecule has 0 saturated heterocycles. The Balaban J connectivity index is -0.0000000507. The number of aromatic nitrogens is 2. The summed E-state index contributed by atoms with van der Waals surface area (Å²) in [5.41, 5.74) is 2.12. The molecule has 2 heterocycles. The molecule has 0 aliphatic rings. The smallest absolute Gasteiger partial charge is 1.00 e. The van der Waals surface area contributed by atoms with Gasteiger partial charge in [0.25, 0.3) is 6.47 Å². The van der Waals surface area contributed by atoms with E-state index in [1.807, 2.05) is 37.2 Å². The maximum absolute atomic E-state index is 11.2. The molecule has 1 atom stereocenters. The summed E-state index contributed by atoms with van der Waals surface area (Å²) in [5.74, 6) is 4.74. The maximum atomic E-state index is 11.2. The number of carbonyl (C=O) groups is 1. The average Bonchev–Trinajstić information content (AvgIpc) is 2.89. The topological polar surface area (TPSA) is 182 Å². The van der Waals surface area contributed by atoms with Crippen molar-refractivity contribution in [3.63, 3.8) is 0 Å². The summed E-state index contributed by atoms with van der Waals surface area (Å²) in [6, 6.07) is 7.33. The van der Waals surface area contributed by atoms with E-state index in [0.29, 0.717) is 11.6 Å². The molecule has 11 nitrogen and oxygen atoms in total. The zero-order valence-corrected chi connectivity index (χ0v) is 42.7. The molecule has 0 aromatic carbocycles. The molecule has 2 aromatic heterocycles. The number of hydrogen-bond acceptors (Lipinski definition) is 12. The van der Waals surface area contributed by atoms with Gasteiger partial charge < -0.3 is 21.5 Å². The average molecular weight is 909 g/mol. The number of alkyl halides is 1. The molecule has 2 radical (unpaired) electrons. The van der Waals surface area contributed by atoms with Crippen LogP contribution in [0, 0.1) is 35.3 Å². The van der Waals surface area contributed by atoms with Gasteiger partial charge >= 0.3 is 103 Å². The summed E-state index contributed by atoms with van der Waals surface area (Å²) < 4.78 is 28.2. The summed E-state index contributed by atoms with van der Waals surface area (Å²) in [6.07, 6.45) is 25.1. The minimum Gasteiger partial charge on any atom is -1.00 e. The van der Waals surface area contributed by atoms with Crippen LogP contribution in [-0.4, -0.2) is 80.3 Å². The van der Waals surface area contributed by atoms with Gasteiger partial charge in [0.05, 0.1) is 9.73 Å². The van der Waals surface area contributed by atoms with Gasteiger partial charge in [0, 0.05) is 95.8 Å². The number of aryl methyl sites for hydroxylation is 1. The van der Waals surface area contributed by atoms with E-state index in [9.17, 15) is 8.42 Å². The van der Waals surface area contributed by atoms with Crippen molar-refractivity contribution in [3.05, 3.63) is 60.2 Å². The molecular weight excluding hydrogens is 872 g/mol. The van der Waals surface area contributed by atoms with E-state index >= 15 is 0 Å². The van der Waals surface area contributed by atoms with Crippen molar-refractivity contribution in [3.8, 4) is 12.4 Å².